The van der Waals surface area contributed by atoms with Crippen LogP contribution in [-0.2, 0) is 23.9 Å². The number of nitrogens with zero attached hydrogens (tertiary/aromatic N) is 2. The van der Waals surface area contributed by atoms with Crippen molar-refractivity contribution in [3.05, 3.63) is 95.3 Å². The third-order valence-electron chi connectivity index (χ3n) is 9.55. The summed E-state index contributed by atoms with van der Waals surface area (Å²) in [5.41, 5.74) is 8.65. The highest BCUT2D eigenvalue weighted by Gasteiger charge is 2.34. The lowest BCUT2D eigenvalue weighted by Gasteiger charge is -2.25. The van der Waals surface area contributed by atoms with Gasteiger partial charge in [0.15, 0.2) is 0 Å². The molecule has 0 spiro atoms. The van der Waals surface area contributed by atoms with Crippen molar-refractivity contribution in [3.8, 4) is 0 Å². The van der Waals surface area contributed by atoms with Gasteiger partial charge in [0.05, 0.1) is 7.11 Å². The lowest BCUT2D eigenvalue weighted by molar-refractivity contribution is -0.154. The molecule has 52 heavy (non-hydrogen) atoms. The molecule has 10 nitrogen and oxygen atoms in total. The van der Waals surface area contributed by atoms with Crippen LogP contribution < -0.4 is 5.73 Å². The van der Waals surface area contributed by atoms with Gasteiger partial charge in [-0.05, 0) is 83.1 Å². The number of primary amides is 1. The smallest absolute Gasteiger partial charge is 0.329 e. The van der Waals surface area contributed by atoms with Crippen molar-refractivity contribution in [2.75, 3.05) is 7.11 Å². The predicted molar refractivity (Wildman–Crippen MR) is 202 cm³/mol. The number of rotatable bonds is 17. The number of ether oxygens (including phenoxy) is 2. The maximum atomic E-state index is 13.1. The highest BCUT2D eigenvalue weighted by atomic mass is 16.5. The molecule has 2 aliphatic heterocycles. The molecule has 3 amide bonds. The van der Waals surface area contributed by atoms with Crippen molar-refractivity contribution < 1.29 is 33.4 Å². The van der Waals surface area contributed by atoms with E-state index >= 15 is 0 Å². The lowest BCUT2D eigenvalue weighted by Crippen LogP contribution is -2.41. The molecule has 0 aliphatic carbocycles. The van der Waals surface area contributed by atoms with E-state index in [1.165, 1.54) is 23.3 Å². The maximum Gasteiger partial charge on any atom is 0.329 e. The number of hydrogen-bond donors (Lipinski definition) is 1. The van der Waals surface area contributed by atoms with Crippen LogP contribution >= 0.6 is 0 Å². The summed E-state index contributed by atoms with van der Waals surface area (Å²) in [7, 11) is 1.33. The van der Waals surface area contributed by atoms with E-state index in [-0.39, 0.29) is 41.7 Å². The van der Waals surface area contributed by atoms with Crippen LogP contribution in [0.1, 0.15) is 123 Å². The average molecular weight is 716 g/mol. The zero-order valence-electron chi connectivity index (χ0n) is 31.6. The van der Waals surface area contributed by atoms with Crippen LogP contribution in [0.2, 0.25) is 0 Å². The Kier molecular flexibility index (Phi) is 17.3. The molecule has 0 saturated carbocycles. The molecular weight excluding hydrogens is 658 g/mol. The number of hydrogen-bond acceptors (Lipinski definition) is 7. The Morgan fingerprint density at radius 2 is 1.13 bits per heavy atom. The Labute approximate surface area is 309 Å². The second-order valence-electron chi connectivity index (χ2n) is 13.8. The van der Waals surface area contributed by atoms with Gasteiger partial charge in [0, 0.05) is 29.4 Å². The van der Waals surface area contributed by atoms with Crippen molar-refractivity contribution in [3.63, 3.8) is 0 Å². The molecule has 0 radical (unpaired) electrons. The Balaban J connectivity index is 0.000000338. The molecule has 0 bridgehead atoms. The lowest BCUT2D eigenvalue weighted by atomic mass is 9.99. The number of carbonyl (C=O) groups is 5. The molecule has 4 atom stereocenters. The van der Waals surface area contributed by atoms with E-state index in [2.05, 4.69) is 6.92 Å². The Morgan fingerprint density at radius 3 is 1.58 bits per heavy atom. The fourth-order valence-corrected chi connectivity index (χ4v) is 6.15. The van der Waals surface area contributed by atoms with Crippen molar-refractivity contribution >= 4 is 29.7 Å². The van der Waals surface area contributed by atoms with Crippen LogP contribution in [0.15, 0.2) is 73.1 Å². The van der Waals surface area contributed by atoms with E-state index in [0.29, 0.717) is 24.0 Å². The number of carbonyl (C=O) groups excluding carboxylic acids is 5. The van der Waals surface area contributed by atoms with Gasteiger partial charge in [0.1, 0.15) is 18.2 Å². The molecule has 0 fully saturated rings. The number of nitrogens with two attached hydrogens (primary N) is 1. The fraction of sp³-hybridized carbons (Fsp3) is 0.500. The van der Waals surface area contributed by atoms with Gasteiger partial charge >= 0.3 is 11.9 Å². The number of aryl methyl sites for hydroxylation is 2. The standard InChI is InChI=1S/C28H42N2O4.C14H15NO3/c1-4-5-6-9-13-24(14-10-7-8-12-22(3)26(29)31)34-28(33)25-15-11-20-30(25)27(32)23-18-16-21(2)17-19-23;1-10-5-7-11(8-6-10)13(16)15-9-3-4-12(15)14(17)18-2/h11,16-20,22,24-25H,4-10,12-15H2,1-3H3,(H2,29,31);3,5-9,12H,4H2,1-2H3/t22-,24-,25+;12-/m10/s1. The van der Waals surface area contributed by atoms with Gasteiger partial charge in [-0.3, -0.25) is 14.4 Å². The first-order valence-electron chi connectivity index (χ1n) is 18.7. The second kappa shape index (κ2) is 21.6. The van der Waals surface area contributed by atoms with Gasteiger partial charge in [0.25, 0.3) is 11.8 Å². The SMILES string of the molecule is CCCCCC[C@H](CCCCC[C@@H](C)C(N)=O)OC(=O)[C@@H]1CC=CN1C(=O)c1ccc(C)cc1.COC(=O)[C@@H]1CC=CN1C(=O)c1ccc(C)cc1. The van der Waals surface area contributed by atoms with Gasteiger partial charge < -0.3 is 25.0 Å². The topological polar surface area (TPSA) is 136 Å². The maximum absolute atomic E-state index is 13.1. The molecule has 0 unspecified atom stereocenters. The van der Waals surface area contributed by atoms with Crippen LogP contribution in [0.5, 0.6) is 0 Å². The summed E-state index contributed by atoms with van der Waals surface area (Å²) in [5.74, 6) is -1.43. The van der Waals surface area contributed by atoms with E-state index in [1.54, 1.807) is 42.7 Å². The van der Waals surface area contributed by atoms with E-state index < -0.39 is 12.1 Å². The third kappa shape index (κ3) is 12.8. The van der Waals surface area contributed by atoms with Crippen molar-refractivity contribution in [1.29, 1.82) is 0 Å². The third-order valence-corrected chi connectivity index (χ3v) is 9.55. The molecular formula is C42H57N3O7. The highest BCUT2D eigenvalue weighted by molar-refractivity contribution is 5.98. The Bertz CT molecular complexity index is 1530. The van der Waals surface area contributed by atoms with Crippen LogP contribution in [0.3, 0.4) is 0 Å². The number of amides is 3. The van der Waals surface area contributed by atoms with Gasteiger partial charge in [-0.15, -0.1) is 0 Å². The summed E-state index contributed by atoms with van der Waals surface area (Å²) in [6, 6.07) is 13.5. The van der Waals surface area contributed by atoms with Gasteiger partial charge in [0.2, 0.25) is 5.91 Å². The fourth-order valence-electron chi connectivity index (χ4n) is 6.15. The Morgan fingerprint density at radius 1 is 0.692 bits per heavy atom. The zero-order chi connectivity index (χ0) is 38.0. The molecule has 2 aromatic rings. The number of methoxy groups -OCH3 is 1. The zero-order valence-corrected chi connectivity index (χ0v) is 31.6. The van der Waals surface area contributed by atoms with Crippen molar-refractivity contribution in [2.45, 2.75) is 123 Å². The number of benzene rings is 2. The monoisotopic (exact) mass is 715 g/mol. The van der Waals surface area contributed by atoms with Gasteiger partial charge in [-0.2, -0.15) is 0 Å². The van der Waals surface area contributed by atoms with Crippen LogP contribution in [-0.4, -0.2) is 64.8 Å². The summed E-state index contributed by atoms with van der Waals surface area (Å²) in [4.78, 5) is 64.0. The Hall–Kier alpha value is -4.73. The number of unbranched alkanes of at least 4 members (excludes halogenated alkanes) is 5. The molecule has 2 aliphatic rings. The molecule has 10 heteroatoms. The minimum atomic E-state index is -0.608. The molecule has 2 heterocycles. The summed E-state index contributed by atoms with van der Waals surface area (Å²) < 4.78 is 10.7. The summed E-state index contributed by atoms with van der Waals surface area (Å²) in [5, 5.41) is 0. The molecule has 0 saturated heterocycles. The quantitative estimate of drug-likeness (QED) is 0.132. The van der Waals surface area contributed by atoms with Crippen molar-refractivity contribution in [2.24, 2.45) is 11.7 Å². The van der Waals surface area contributed by atoms with E-state index in [0.717, 1.165) is 68.9 Å². The predicted octanol–water partition coefficient (Wildman–Crippen LogP) is 7.57. The van der Waals surface area contributed by atoms with E-state index in [9.17, 15) is 24.0 Å². The van der Waals surface area contributed by atoms with E-state index in [4.69, 9.17) is 15.2 Å². The molecule has 282 valence electrons. The average Bonchev–Trinajstić information content (AvgIpc) is 3.84. The molecule has 2 N–H and O–H groups in total. The summed E-state index contributed by atoms with van der Waals surface area (Å²) >= 11 is 0. The van der Waals surface area contributed by atoms with Crippen LogP contribution in [0.4, 0.5) is 0 Å². The first kappa shape index (κ1) is 41.7. The van der Waals surface area contributed by atoms with Gasteiger partial charge in [-0.25, -0.2) is 9.59 Å². The van der Waals surface area contributed by atoms with E-state index in [1.807, 2.05) is 51.1 Å². The molecule has 0 aromatic heterocycles. The highest BCUT2D eigenvalue weighted by Crippen LogP contribution is 2.24. The van der Waals surface area contributed by atoms with Crippen LogP contribution in [0, 0.1) is 19.8 Å². The first-order valence-corrected chi connectivity index (χ1v) is 18.7. The molecule has 4 rings (SSSR count). The van der Waals surface area contributed by atoms with Gasteiger partial charge in [-0.1, -0.05) is 93.5 Å². The minimum Gasteiger partial charge on any atom is -0.467 e. The summed E-state index contributed by atoms with van der Waals surface area (Å²) in [6.45, 7) is 7.97. The number of esters is 2. The minimum absolute atomic E-state index is 0.102. The van der Waals surface area contributed by atoms with Crippen LogP contribution in [0.25, 0.3) is 0 Å². The first-order chi connectivity index (χ1) is 25.0. The van der Waals surface area contributed by atoms with Crippen molar-refractivity contribution in [1.82, 2.24) is 9.80 Å². The molecule has 2 aromatic carbocycles. The summed E-state index contributed by atoms with van der Waals surface area (Å²) in [6.07, 6.45) is 17.6. The largest absolute Gasteiger partial charge is 0.467 e. The second-order valence-corrected chi connectivity index (χ2v) is 13.8. The normalized spacial score (nSPS) is 17.2.